The summed E-state index contributed by atoms with van der Waals surface area (Å²) in [5, 5.41) is 8.51. The second-order valence-corrected chi connectivity index (χ2v) is 7.30. The molecular formula is C19H18N2O2S2. The van der Waals surface area contributed by atoms with Gasteiger partial charge < -0.3 is 14.0 Å². The second kappa shape index (κ2) is 7.00. The van der Waals surface area contributed by atoms with Crippen molar-refractivity contribution >= 4 is 33.6 Å². The van der Waals surface area contributed by atoms with Crippen LogP contribution in [0.3, 0.4) is 0 Å². The molecule has 3 heterocycles. The molecule has 0 saturated heterocycles. The lowest BCUT2D eigenvalue weighted by atomic mass is 10.1. The fourth-order valence-electron chi connectivity index (χ4n) is 2.89. The van der Waals surface area contributed by atoms with Crippen LogP contribution in [0, 0.1) is 0 Å². The highest BCUT2D eigenvalue weighted by Gasteiger charge is 2.15. The molecular weight excluding hydrogens is 352 g/mol. The summed E-state index contributed by atoms with van der Waals surface area (Å²) in [6.45, 7) is 1.48. The van der Waals surface area contributed by atoms with Gasteiger partial charge in [-0.3, -0.25) is 0 Å². The number of benzene rings is 1. The normalized spacial score (nSPS) is 11.3. The molecule has 0 saturated carbocycles. The largest absolute Gasteiger partial charge is 0.497 e. The van der Waals surface area contributed by atoms with Crippen molar-refractivity contribution in [1.82, 2.24) is 9.55 Å². The second-order valence-electron chi connectivity index (χ2n) is 5.66. The summed E-state index contributed by atoms with van der Waals surface area (Å²) < 4.78 is 12.9. The molecule has 25 heavy (non-hydrogen) atoms. The zero-order valence-electron chi connectivity index (χ0n) is 14.1. The Morgan fingerprint density at radius 1 is 1.16 bits per heavy atom. The number of thiazole rings is 1. The van der Waals surface area contributed by atoms with Gasteiger partial charge in [0.05, 0.1) is 19.4 Å². The van der Waals surface area contributed by atoms with Gasteiger partial charge in [-0.25, -0.2) is 4.98 Å². The van der Waals surface area contributed by atoms with Gasteiger partial charge in [0.1, 0.15) is 10.8 Å². The topological polar surface area (TPSA) is 36.3 Å². The Balaban J connectivity index is 1.82. The van der Waals surface area contributed by atoms with Crippen LogP contribution in [0.1, 0.15) is 0 Å². The van der Waals surface area contributed by atoms with E-state index in [1.54, 1.807) is 36.9 Å². The van der Waals surface area contributed by atoms with Crippen molar-refractivity contribution in [2.24, 2.45) is 0 Å². The average Bonchev–Trinajstić information content (AvgIpc) is 3.37. The Kier molecular flexibility index (Phi) is 4.57. The maximum atomic E-state index is 5.42. The summed E-state index contributed by atoms with van der Waals surface area (Å²) in [6.07, 6.45) is 2.17. The molecule has 6 heteroatoms. The van der Waals surface area contributed by atoms with E-state index >= 15 is 0 Å². The van der Waals surface area contributed by atoms with Crippen LogP contribution in [0.25, 0.3) is 32.7 Å². The molecule has 0 radical (unpaired) electrons. The minimum Gasteiger partial charge on any atom is -0.497 e. The number of thiophene rings is 1. The summed E-state index contributed by atoms with van der Waals surface area (Å²) in [6, 6.07) is 8.28. The first-order chi connectivity index (χ1) is 12.3. The molecule has 0 aliphatic heterocycles. The molecule has 3 aromatic heterocycles. The van der Waals surface area contributed by atoms with Crippen LogP contribution < -0.4 is 4.74 Å². The van der Waals surface area contributed by atoms with Gasteiger partial charge in [-0.15, -0.1) is 11.3 Å². The van der Waals surface area contributed by atoms with Crippen LogP contribution >= 0.6 is 22.7 Å². The van der Waals surface area contributed by atoms with Crippen molar-refractivity contribution in [2.45, 2.75) is 6.54 Å². The Morgan fingerprint density at radius 3 is 2.84 bits per heavy atom. The molecule has 0 amide bonds. The fourth-order valence-corrected chi connectivity index (χ4v) is 4.39. The average molecular weight is 370 g/mol. The standard InChI is InChI=1S/C19H18N2O2S2/c1-22-7-6-21-10-16(15-9-14(23-2)3-4-18(15)21)19-20-17(12-25-19)13-5-8-24-11-13/h3-5,8-12H,6-7H2,1-2H3. The van der Waals surface area contributed by atoms with E-state index in [1.807, 2.05) is 6.07 Å². The van der Waals surface area contributed by atoms with E-state index in [9.17, 15) is 0 Å². The Bertz CT molecular complexity index is 986. The summed E-state index contributed by atoms with van der Waals surface area (Å²) in [7, 11) is 3.42. The van der Waals surface area contributed by atoms with Gasteiger partial charge in [-0.05, 0) is 29.6 Å². The number of hydrogen-bond donors (Lipinski definition) is 0. The predicted molar refractivity (Wildman–Crippen MR) is 105 cm³/mol. The van der Waals surface area contributed by atoms with Crippen LogP contribution in [0.2, 0.25) is 0 Å². The van der Waals surface area contributed by atoms with E-state index in [-0.39, 0.29) is 0 Å². The molecule has 4 nitrogen and oxygen atoms in total. The Morgan fingerprint density at radius 2 is 2.08 bits per heavy atom. The van der Waals surface area contributed by atoms with E-state index in [2.05, 4.69) is 45.1 Å². The number of rotatable bonds is 6. The maximum absolute atomic E-state index is 5.42. The number of hydrogen-bond acceptors (Lipinski definition) is 5. The number of aromatic nitrogens is 2. The van der Waals surface area contributed by atoms with Crippen LogP contribution in [-0.4, -0.2) is 30.4 Å². The van der Waals surface area contributed by atoms with Crippen LogP contribution in [-0.2, 0) is 11.3 Å². The summed E-state index contributed by atoms with van der Waals surface area (Å²) >= 11 is 3.36. The SMILES string of the molecule is COCCn1cc(-c2nc(-c3ccsc3)cs2)c2cc(OC)ccc21. The number of methoxy groups -OCH3 is 2. The Labute approximate surface area is 154 Å². The van der Waals surface area contributed by atoms with Gasteiger partial charge in [0, 0.05) is 52.6 Å². The van der Waals surface area contributed by atoms with Gasteiger partial charge in [-0.1, -0.05) is 0 Å². The van der Waals surface area contributed by atoms with Crippen LogP contribution in [0.5, 0.6) is 5.75 Å². The van der Waals surface area contributed by atoms with E-state index in [0.29, 0.717) is 6.61 Å². The third-order valence-electron chi connectivity index (χ3n) is 4.18. The molecule has 4 aromatic rings. The molecule has 1 aromatic carbocycles. The molecule has 0 unspecified atom stereocenters. The molecule has 0 aliphatic rings. The lowest BCUT2D eigenvalue weighted by Gasteiger charge is -2.05. The maximum Gasteiger partial charge on any atom is 0.126 e. The third-order valence-corrected chi connectivity index (χ3v) is 5.73. The molecule has 0 spiro atoms. The first-order valence-electron chi connectivity index (χ1n) is 7.94. The quantitative estimate of drug-likeness (QED) is 0.471. The van der Waals surface area contributed by atoms with Gasteiger partial charge in [0.15, 0.2) is 0 Å². The minimum atomic E-state index is 0.674. The monoisotopic (exact) mass is 370 g/mol. The summed E-state index contributed by atoms with van der Waals surface area (Å²) in [5.74, 6) is 0.854. The zero-order valence-corrected chi connectivity index (χ0v) is 15.7. The predicted octanol–water partition coefficient (Wildman–Crippen LogP) is 5.15. The lowest BCUT2D eigenvalue weighted by Crippen LogP contribution is -2.02. The fraction of sp³-hybridized carbons (Fsp3) is 0.211. The zero-order chi connectivity index (χ0) is 17.2. The first-order valence-corrected chi connectivity index (χ1v) is 9.76. The molecule has 0 atom stereocenters. The smallest absolute Gasteiger partial charge is 0.126 e. The van der Waals surface area contributed by atoms with E-state index in [4.69, 9.17) is 14.5 Å². The van der Waals surface area contributed by atoms with E-state index in [0.717, 1.165) is 33.9 Å². The van der Waals surface area contributed by atoms with Gasteiger partial charge >= 0.3 is 0 Å². The number of fused-ring (bicyclic) bond motifs is 1. The molecule has 0 N–H and O–H groups in total. The number of ether oxygens (including phenoxy) is 2. The van der Waals surface area contributed by atoms with Crippen LogP contribution in [0.15, 0.2) is 46.6 Å². The van der Waals surface area contributed by atoms with Gasteiger partial charge in [0.2, 0.25) is 0 Å². The highest BCUT2D eigenvalue weighted by molar-refractivity contribution is 7.13. The number of nitrogens with zero attached hydrogens (tertiary/aromatic N) is 2. The van der Waals surface area contributed by atoms with Crippen molar-refractivity contribution in [3.8, 4) is 27.6 Å². The van der Waals surface area contributed by atoms with E-state index < -0.39 is 0 Å². The highest BCUT2D eigenvalue weighted by atomic mass is 32.1. The van der Waals surface area contributed by atoms with Gasteiger partial charge in [0.25, 0.3) is 0 Å². The van der Waals surface area contributed by atoms with Crippen LogP contribution in [0.4, 0.5) is 0 Å². The Hall–Kier alpha value is -2.15. The molecule has 128 valence electrons. The van der Waals surface area contributed by atoms with Crippen molar-refractivity contribution in [2.75, 3.05) is 20.8 Å². The lowest BCUT2D eigenvalue weighted by molar-refractivity contribution is 0.188. The molecule has 0 fully saturated rings. The molecule has 0 aliphatic carbocycles. The first kappa shape index (κ1) is 16.3. The summed E-state index contributed by atoms with van der Waals surface area (Å²) in [4.78, 5) is 4.86. The molecule has 4 rings (SSSR count). The molecule has 0 bridgehead atoms. The van der Waals surface area contributed by atoms with Crippen molar-refractivity contribution in [1.29, 1.82) is 0 Å². The van der Waals surface area contributed by atoms with Gasteiger partial charge in [-0.2, -0.15) is 11.3 Å². The van der Waals surface area contributed by atoms with Crippen molar-refractivity contribution < 1.29 is 9.47 Å². The third kappa shape index (κ3) is 3.08. The summed E-state index contributed by atoms with van der Waals surface area (Å²) in [5.41, 5.74) is 4.51. The minimum absolute atomic E-state index is 0.674. The highest BCUT2D eigenvalue weighted by Crippen LogP contribution is 2.36. The van der Waals surface area contributed by atoms with E-state index in [1.165, 1.54) is 11.1 Å². The van der Waals surface area contributed by atoms with Crippen molar-refractivity contribution in [3.63, 3.8) is 0 Å². The van der Waals surface area contributed by atoms with Crippen molar-refractivity contribution in [3.05, 3.63) is 46.6 Å².